The van der Waals surface area contributed by atoms with Gasteiger partial charge in [0.2, 0.25) is 11.8 Å². The number of amides is 5. The molecule has 520 valence electrons. The molecule has 5 amide bonds. The van der Waals surface area contributed by atoms with Crippen LogP contribution >= 0.6 is 11.3 Å². The molecule has 97 heavy (non-hydrogen) atoms. The molecule has 3 fully saturated rings. The van der Waals surface area contributed by atoms with Gasteiger partial charge >= 0.3 is 18.4 Å². The number of aryl methyl sites for hydroxylation is 1. The molecule has 2 N–H and O–H groups in total. The van der Waals surface area contributed by atoms with Crippen LogP contribution in [0.3, 0.4) is 0 Å². The summed E-state index contributed by atoms with van der Waals surface area (Å²) in [5.74, 6) is -1.90. The Morgan fingerprint density at radius 3 is 2.06 bits per heavy atom. The predicted molar refractivity (Wildman–Crippen MR) is 356 cm³/mol. The first-order valence-corrected chi connectivity index (χ1v) is 33.9. The molecule has 2 atom stereocenters. The normalized spacial score (nSPS) is 18.3. The molecule has 25 heteroatoms. The Morgan fingerprint density at radius 1 is 0.732 bits per heavy atom. The topological polar surface area (TPSA) is 172 Å². The molecule has 1 aromatic heterocycles. The Labute approximate surface area is 565 Å². The summed E-state index contributed by atoms with van der Waals surface area (Å²) >= 11 is 1.30. The third kappa shape index (κ3) is 17.3. The van der Waals surface area contributed by atoms with Gasteiger partial charge in [-0.15, -0.1) is 0 Å². The smallest absolute Gasteiger partial charge is 0.416 e. The molecule has 3 aliphatic heterocycles. The molecule has 17 nitrogen and oxygen atoms in total. The minimum Gasteiger partial charge on any atom is -0.465 e. The van der Waals surface area contributed by atoms with Crippen molar-refractivity contribution < 1.29 is 69.3 Å². The monoisotopic (exact) mass is 1370 g/mol. The number of hydrogen-bond donors (Lipinski definition) is 2. The van der Waals surface area contributed by atoms with Crippen LogP contribution in [-0.4, -0.2) is 188 Å². The van der Waals surface area contributed by atoms with Gasteiger partial charge in [-0.25, -0.2) is 14.2 Å². The molecule has 6 aromatic rings. The van der Waals surface area contributed by atoms with Gasteiger partial charge in [-0.2, -0.15) is 26.3 Å². The number of benzene rings is 5. The Balaban J connectivity index is 0.626. The standard InChI is InChI=1S/C72H84F7N9O8S/c1-49-64(97-67(81-49)80-32-14-6-9-22-62(89)83(3)40-41-85-35-27-57(28-36-85)88(68(93)94)60-21-13-11-19-58(60)50-16-7-5-8-17-50)66(92)84(4)34-15-33-82(2)63(90)46-95-61-44-51-18-10-12-20-59(51)69(61)29-37-86(38-30-69)39-31-70(53-23-25-56(73)26-24-53)47-87(48-96-70)65(91)52-42-54(71(74,75)76)45-55(43-52)72(77,78)79/h5,7-8,10-13,16-21,23-26,42-43,45,57,61H,6,9,14-15,22,27-41,44,46-48H2,1-4H3,(H,80,81)(H,93,94)/t61-,70-/m0/s1. The second-order valence-electron chi connectivity index (χ2n) is 26.0. The van der Waals surface area contributed by atoms with Gasteiger partial charge in [0.1, 0.15) is 29.6 Å². The molecule has 3 saturated heterocycles. The molecular formula is C72H84F7N9O8S. The van der Waals surface area contributed by atoms with Gasteiger partial charge in [0.05, 0.1) is 35.2 Å². The number of thiazole rings is 1. The van der Waals surface area contributed by atoms with E-state index in [9.17, 15) is 59.8 Å². The number of ether oxygens (including phenoxy) is 2. The first-order valence-electron chi connectivity index (χ1n) is 33.1. The van der Waals surface area contributed by atoms with E-state index in [0.717, 1.165) is 59.5 Å². The van der Waals surface area contributed by atoms with E-state index in [-0.39, 0.29) is 55.5 Å². The van der Waals surface area contributed by atoms with Crippen LogP contribution in [0.1, 0.15) is 118 Å². The Bertz CT molecular complexity index is 3680. The third-order valence-electron chi connectivity index (χ3n) is 19.6. The summed E-state index contributed by atoms with van der Waals surface area (Å²) in [5, 5.41) is 14.4. The molecular weight excluding hydrogens is 1280 g/mol. The molecule has 4 heterocycles. The van der Waals surface area contributed by atoms with Gasteiger partial charge in [0.15, 0.2) is 5.13 Å². The number of carbonyl (C=O) groups excluding carboxylic acids is 4. The summed E-state index contributed by atoms with van der Waals surface area (Å²) in [5.41, 5.74) is 0.234. The van der Waals surface area contributed by atoms with E-state index in [1.165, 1.54) is 40.5 Å². The second kappa shape index (κ2) is 31.3. The number of piperidine rings is 2. The average Bonchev–Trinajstić information content (AvgIpc) is 1.62. The Kier molecular flexibility index (Phi) is 23.1. The van der Waals surface area contributed by atoms with E-state index in [4.69, 9.17) is 9.47 Å². The van der Waals surface area contributed by atoms with E-state index in [0.29, 0.717) is 136 Å². The molecule has 0 unspecified atom stereocenters. The van der Waals surface area contributed by atoms with E-state index in [2.05, 4.69) is 32.2 Å². The number of fused-ring (bicyclic) bond motifs is 2. The fourth-order valence-corrected chi connectivity index (χ4v) is 15.0. The van der Waals surface area contributed by atoms with E-state index in [1.807, 2.05) is 73.8 Å². The number of nitrogens with zero attached hydrogens (tertiary/aromatic N) is 8. The van der Waals surface area contributed by atoms with Crippen molar-refractivity contribution in [1.82, 2.24) is 34.4 Å². The lowest BCUT2D eigenvalue weighted by molar-refractivity contribution is -0.143. The van der Waals surface area contributed by atoms with Crippen LogP contribution in [-0.2, 0) is 48.9 Å². The fourth-order valence-electron chi connectivity index (χ4n) is 14.0. The number of para-hydroxylation sites is 1. The molecule has 0 bridgehead atoms. The average molecular weight is 1370 g/mol. The zero-order valence-electron chi connectivity index (χ0n) is 55.1. The van der Waals surface area contributed by atoms with Crippen LogP contribution in [0.25, 0.3) is 11.1 Å². The largest absolute Gasteiger partial charge is 0.465 e. The quantitative estimate of drug-likeness (QED) is 0.0390. The molecule has 1 spiro atoms. The highest BCUT2D eigenvalue weighted by molar-refractivity contribution is 7.17. The highest BCUT2D eigenvalue weighted by atomic mass is 32.1. The zero-order valence-corrected chi connectivity index (χ0v) is 55.9. The SMILES string of the molecule is Cc1nc(NCCCCCC(=O)N(C)CCN2CCC(N(C(=O)O)c3ccccc3-c3ccccc3)CC2)sc1C(=O)N(C)CCCN(C)C(=O)CO[C@H]1Cc2ccccc2C12CCN(CC[C@@]1(c3ccc(F)cc3)CN(C(=O)c3cc(C(F)(F)F)cc(C(F)(F)F)c3)CO1)CC2. The lowest BCUT2D eigenvalue weighted by atomic mass is 9.72. The van der Waals surface area contributed by atoms with E-state index >= 15 is 0 Å². The van der Waals surface area contributed by atoms with Crippen molar-refractivity contribution in [3.63, 3.8) is 0 Å². The first kappa shape index (κ1) is 71.8. The zero-order chi connectivity index (χ0) is 69.2. The minimum atomic E-state index is -5.15. The van der Waals surface area contributed by atoms with Gasteiger partial charge in [0, 0.05) is 103 Å². The molecule has 5 aromatic carbocycles. The number of likely N-dealkylation sites (N-methyl/N-ethyl adjacent to an activating group) is 2. The number of rotatable bonds is 26. The highest BCUT2D eigenvalue weighted by Crippen LogP contribution is 2.49. The number of nitrogens with one attached hydrogen (secondary N) is 1. The van der Waals surface area contributed by atoms with Crippen molar-refractivity contribution in [1.29, 1.82) is 0 Å². The summed E-state index contributed by atoms with van der Waals surface area (Å²) in [6.07, 6.45) is -4.68. The number of likely N-dealkylation sites (tertiary alicyclic amines) is 2. The maximum Gasteiger partial charge on any atom is 0.416 e. The van der Waals surface area contributed by atoms with Gasteiger partial charge in [-0.1, -0.05) is 103 Å². The maximum absolute atomic E-state index is 14.3. The van der Waals surface area contributed by atoms with E-state index in [1.54, 1.807) is 35.7 Å². The van der Waals surface area contributed by atoms with Gasteiger partial charge in [-0.3, -0.25) is 24.1 Å². The molecule has 1 aliphatic carbocycles. The van der Waals surface area contributed by atoms with Crippen LogP contribution in [0.15, 0.2) is 121 Å². The van der Waals surface area contributed by atoms with Gasteiger partial charge in [-0.05, 0) is 136 Å². The number of hydrogen-bond acceptors (Lipinski definition) is 12. The summed E-state index contributed by atoms with van der Waals surface area (Å²) in [4.78, 5) is 84.2. The Hall–Kier alpha value is -7.97. The Morgan fingerprint density at radius 2 is 1.37 bits per heavy atom. The third-order valence-corrected chi connectivity index (χ3v) is 20.7. The van der Waals surface area contributed by atoms with Crippen LogP contribution < -0.4 is 10.2 Å². The number of unbranched alkanes of at least 4 members (excludes halogenated alkanes) is 2. The summed E-state index contributed by atoms with van der Waals surface area (Å²) in [7, 11) is 5.27. The number of aromatic nitrogens is 1. The van der Waals surface area contributed by atoms with Crippen molar-refractivity contribution in [2.24, 2.45) is 0 Å². The predicted octanol–water partition coefficient (Wildman–Crippen LogP) is 12.7. The van der Waals surface area contributed by atoms with Crippen LogP contribution in [0.2, 0.25) is 0 Å². The van der Waals surface area contributed by atoms with Crippen molar-refractivity contribution in [3.05, 3.63) is 171 Å². The summed E-state index contributed by atoms with van der Waals surface area (Å²) in [6, 6.07) is 31.7. The van der Waals surface area contributed by atoms with Crippen molar-refractivity contribution in [2.45, 2.75) is 113 Å². The second-order valence-corrected chi connectivity index (χ2v) is 27.0. The molecule has 10 rings (SSSR count). The lowest BCUT2D eigenvalue weighted by Gasteiger charge is -2.44. The fraction of sp³-hybridized carbons (Fsp3) is 0.472. The van der Waals surface area contributed by atoms with Crippen LogP contribution in [0.4, 0.5) is 46.3 Å². The van der Waals surface area contributed by atoms with Gasteiger partial charge in [0.25, 0.3) is 11.8 Å². The summed E-state index contributed by atoms with van der Waals surface area (Å²) in [6.45, 7) is 6.79. The number of carboxylic acid groups (broad SMARTS) is 1. The number of carbonyl (C=O) groups is 5. The van der Waals surface area contributed by atoms with Crippen LogP contribution in [0.5, 0.6) is 0 Å². The van der Waals surface area contributed by atoms with Crippen molar-refractivity contribution in [3.8, 4) is 11.1 Å². The molecule has 4 aliphatic rings. The van der Waals surface area contributed by atoms with Crippen molar-refractivity contribution in [2.75, 3.05) is 117 Å². The van der Waals surface area contributed by atoms with Crippen LogP contribution in [0, 0.1) is 12.7 Å². The number of anilines is 2. The number of halogens is 7. The minimum absolute atomic E-state index is 0.0301. The lowest BCUT2D eigenvalue weighted by Crippen LogP contribution is -2.50. The molecule has 0 radical (unpaired) electrons. The molecule has 0 saturated carbocycles. The maximum atomic E-state index is 14.3. The highest BCUT2D eigenvalue weighted by Gasteiger charge is 2.50. The van der Waals surface area contributed by atoms with Gasteiger partial charge < -0.3 is 49.3 Å². The number of alkyl halides is 6. The van der Waals surface area contributed by atoms with Crippen molar-refractivity contribution >= 4 is 51.9 Å². The summed E-state index contributed by atoms with van der Waals surface area (Å²) < 4.78 is 110. The van der Waals surface area contributed by atoms with E-state index < -0.39 is 64.6 Å². The first-order chi connectivity index (χ1) is 46.3.